The molecule has 2 nitrogen and oxygen atoms in total. The van der Waals surface area contributed by atoms with Crippen LogP contribution in [0.5, 0.6) is 5.75 Å². The Morgan fingerprint density at radius 3 is 2.80 bits per heavy atom. The van der Waals surface area contributed by atoms with Crippen LogP contribution in [0.4, 0.5) is 0 Å². The van der Waals surface area contributed by atoms with Crippen molar-refractivity contribution in [1.29, 1.82) is 0 Å². The lowest BCUT2D eigenvalue weighted by atomic mass is 9.83. The Kier molecular flexibility index (Phi) is 4.30. The fourth-order valence-electron chi connectivity index (χ4n) is 3.84. The number of fused-ring (bicyclic) bond motifs is 1. The van der Waals surface area contributed by atoms with Gasteiger partial charge < -0.3 is 10.1 Å². The molecule has 0 saturated heterocycles. The Morgan fingerprint density at radius 2 is 2.05 bits per heavy atom. The third-order valence-corrected chi connectivity index (χ3v) is 4.96. The normalized spacial score (nSPS) is 24.2. The van der Waals surface area contributed by atoms with E-state index >= 15 is 0 Å². The van der Waals surface area contributed by atoms with Gasteiger partial charge in [-0.2, -0.15) is 0 Å². The number of ether oxygens (including phenoxy) is 1. The molecule has 0 aromatic heterocycles. The van der Waals surface area contributed by atoms with Gasteiger partial charge in [-0.15, -0.1) is 0 Å². The number of benzene rings is 1. The maximum atomic E-state index is 5.80. The molecule has 2 atom stereocenters. The molecule has 110 valence electrons. The second-order valence-corrected chi connectivity index (χ2v) is 6.58. The van der Waals surface area contributed by atoms with Gasteiger partial charge in [0.15, 0.2) is 0 Å². The van der Waals surface area contributed by atoms with Gasteiger partial charge in [-0.05, 0) is 43.5 Å². The molecule has 0 radical (unpaired) electrons. The molecule has 1 heterocycles. The first-order valence-corrected chi connectivity index (χ1v) is 8.23. The molecule has 3 rings (SSSR count). The molecule has 1 aliphatic heterocycles. The zero-order valence-electron chi connectivity index (χ0n) is 12.8. The van der Waals surface area contributed by atoms with Crippen LogP contribution in [0.25, 0.3) is 0 Å². The third kappa shape index (κ3) is 3.01. The zero-order valence-corrected chi connectivity index (χ0v) is 12.8. The molecule has 0 amide bonds. The van der Waals surface area contributed by atoms with E-state index in [9.17, 15) is 0 Å². The summed E-state index contributed by atoms with van der Waals surface area (Å²) < 4.78 is 5.80. The summed E-state index contributed by atoms with van der Waals surface area (Å²) in [5.74, 6) is 2.00. The van der Waals surface area contributed by atoms with Crippen molar-refractivity contribution in [2.45, 2.75) is 64.0 Å². The average Bonchev–Trinajstić information content (AvgIpc) is 2.85. The summed E-state index contributed by atoms with van der Waals surface area (Å²) in [5, 5.41) is 3.53. The Balaban J connectivity index is 1.71. The van der Waals surface area contributed by atoms with Gasteiger partial charge in [0.05, 0.1) is 0 Å². The monoisotopic (exact) mass is 273 g/mol. The van der Waals surface area contributed by atoms with E-state index in [0.29, 0.717) is 12.1 Å². The highest BCUT2D eigenvalue weighted by Crippen LogP contribution is 2.35. The molecule has 1 aromatic carbocycles. The van der Waals surface area contributed by atoms with Crippen molar-refractivity contribution in [3.8, 4) is 5.75 Å². The van der Waals surface area contributed by atoms with Gasteiger partial charge in [-0.3, -0.25) is 0 Å². The molecule has 0 bridgehead atoms. The van der Waals surface area contributed by atoms with E-state index in [-0.39, 0.29) is 0 Å². The smallest absolute Gasteiger partial charge is 0.123 e. The van der Waals surface area contributed by atoms with Crippen LogP contribution in [0.1, 0.15) is 62.6 Å². The van der Waals surface area contributed by atoms with E-state index < -0.39 is 0 Å². The Labute approximate surface area is 122 Å². The molecular weight excluding hydrogens is 246 g/mol. The molecule has 1 saturated carbocycles. The van der Waals surface area contributed by atoms with E-state index in [1.165, 1.54) is 49.7 Å². The molecule has 2 heteroatoms. The van der Waals surface area contributed by atoms with E-state index in [1.807, 2.05) is 0 Å². The zero-order chi connectivity index (χ0) is 13.9. The summed E-state index contributed by atoms with van der Waals surface area (Å²) in [6.07, 6.45) is 9.82. The highest BCUT2D eigenvalue weighted by atomic mass is 16.5. The van der Waals surface area contributed by atoms with Crippen molar-refractivity contribution in [1.82, 2.24) is 5.32 Å². The molecule has 1 fully saturated rings. The molecule has 1 N–H and O–H groups in total. The van der Waals surface area contributed by atoms with Crippen molar-refractivity contribution in [2.24, 2.45) is 5.92 Å². The van der Waals surface area contributed by atoms with Gasteiger partial charge >= 0.3 is 0 Å². The maximum Gasteiger partial charge on any atom is 0.123 e. The first kappa shape index (κ1) is 13.9. The van der Waals surface area contributed by atoms with Crippen LogP contribution >= 0.6 is 0 Å². The lowest BCUT2D eigenvalue weighted by molar-refractivity contribution is 0.254. The summed E-state index contributed by atoms with van der Waals surface area (Å²) in [6.45, 7) is 2.15. The molecule has 2 unspecified atom stereocenters. The largest absolute Gasteiger partial charge is 0.490 e. The van der Waals surface area contributed by atoms with E-state index in [1.54, 1.807) is 0 Å². The van der Waals surface area contributed by atoms with Crippen molar-refractivity contribution in [3.63, 3.8) is 0 Å². The Hall–Kier alpha value is -1.02. The minimum atomic E-state index is 0.339. The van der Waals surface area contributed by atoms with Crippen LogP contribution in [0.3, 0.4) is 0 Å². The second-order valence-electron chi connectivity index (χ2n) is 6.58. The van der Waals surface area contributed by atoms with Gasteiger partial charge in [0.25, 0.3) is 0 Å². The van der Waals surface area contributed by atoms with Crippen LogP contribution in [0, 0.1) is 5.92 Å². The SMILES string of the molecule is CNC(CC1CCCCC1)c1ccc2c(c1)CC(C)O2. The highest BCUT2D eigenvalue weighted by molar-refractivity contribution is 5.41. The predicted molar refractivity (Wildman–Crippen MR) is 83.2 cm³/mol. The van der Waals surface area contributed by atoms with E-state index in [2.05, 4.69) is 37.5 Å². The summed E-state index contributed by atoms with van der Waals surface area (Å²) in [6, 6.07) is 7.28. The van der Waals surface area contributed by atoms with Crippen LogP contribution < -0.4 is 10.1 Å². The van der Waals surface area contributed by atoms with Crippen LogP contribution in [0.15, 0.2) is 18.2 Å². The third-order valence-electron chi connectivity index (χ3n) is 4.96. The van der Waals surface area contributed by atoms with Crippen molar-refractivity contribution in [2.75, 3.05) is 7.05 Å². The molecule has 20 heavy (non-hydrogen) atoms. The standard InChI is InChI=1S/C18H27NO/c1-13-10-16-12-15(8-9-18(16)20-13)17(19-2)11-14-6-4-3-5-7-14/h8-9,12-14,17,19H,3-7,10-11H2,1-2H3. The number of rotatable bonds is 4. The van der Waals surface area contributed by atoms with Crippen molar-refractivity contribution in [3.05, 3.63) is 29.3 Å². The lowest BCUT2D eigenvalue weighted by Crippen LogP contribution is -2.21. The Morgan fingerprint density at radius 1 is 1.25 bits per heavy atom. The second kappa shape index (κ2) is 6.17. The predicted octanol–water partition coefficient (Wildman–Crippen LogP) is 4.24. The quantitative estimate of drug-likeness (QED) is 0.886. The van der Waals surface area contributed by atoms with Gasteiger partial charge in [0.1, 0.15) is 11.9 Å². The van der Waals surface area contributed by atoms with Gasteiger partial charge in [0.2, 0.25) is 0 Å². The van der Waals surface area contributed by atoms with Crippen LogP contribution in [0.2, 0.25) is 0 Å². The van der Waals surface area contributed by atoms with Gasteiger partial charge in [-0.25, -0.2) is 0 Å². The number of hydrogen-bond acceptors (Lipinski definition) is 2. The molecule has 1 aromatic rings. The van der Waals surface area contributed by atoms with Gasteiger partial charge in [0, 0.05) is 12.5 Å². The number of nitrogens with one attached hydrogen (secondary N) is 1. The lowest BCUT2D eigenvalue weighted by Gasteiger charge is -2.26. The molecule has 2 aliphatic rings. The van der Waals surface area contributed by atoms with Crippen LogP contribution in [-0.4, -0.2) is 13.2 Å². The minimum Gasteiger partial charge on any atom is -0.490 e. The molecule has 0 spiro atoms. The fraction of sp³-hybridized carbons (Fsp3) is 0.667. The summed E-state index contributed by atoms with van der Waals surface area (Å²) in [7, 11) is 2.10. The van der Waals surface area contributed by atoms with Gasteiger partial charge in [-0.1, -0.05) is 44.2 Å². The highest BCUT2D eigenvalue weighted by Gasteiger charge is 2.23. The molecular formula is C18H27NO. The topological polar surface area (TPSA) is 21.3 Å². The summed E-state index contributed by atoms with van der Waals surface area (Å²) in [5.41, 5.74) is 2.83. The average molecular weight is 273 g/mol. The molecule has 1 aliphatic carbocycles. The summed E-state index contributed by atoms with van der Waals surface area (Å²) in [4.78, 5) is 0. The first-order chi connectivity index (χ1) is 9.76. The maximum absolute atomic E-state index is 5.80. The summed E-state index contributed by atoms with van der Waals surface area (Å²) >= 11 is 0. The van der Waals surface area contributed by atoms with E-state index in [4.69, 9.17) is 4.74 Å². The first-order valence-electron chi connectivity index (χ1n) is 8.23. The fourth-order valence-corrected chi connectivity index (χ4v) is 3.84. The minimum absolute atomic E-state index is 0.339. The number of hydrogen-bond donors (Lipinski definition) is 1. The van der Waals surface area contributed by atoms with E-state index in [0.717, 1.165) is 18.1 Å². The van der Waals surface area contributed by atoms with Crippen molar-refractivity contribution >= 4 is 0 Å². The van der Waals surface area contributed by atoms with Crippen LogP contribution in [-0.2, 0) is 6.42 Å². The van der Waals surface area contributed by atoms with Crippen molar-refractivity contribution < 1.29 is 4.74 Å². The Bertz CT molecular complexity index is 451.